The molecule has 1 aromatic carbocycles. The fourth-order valence-corrected chi connectivity index (χ4v) is 4.93. The van der Waals surface area contributed by atoms with E-state index in [1.54, 1.807) is 6.07 Å². The van der Waals surface area contributed by atoms with E-state index in [1.165, 1.54) is 35.9 Å². The topological polar surface area (TPSA) is 54.9 Å². The van der Waals surface area contributed by atoms with E-state index in [-0.39, 0.29) is 5.75 Å². The predicted molar refractivity (Wildman–Crippen MR) is 147 cm³/mol. The van der Waals surface area contributed by atoms with Crippen molar-refractivity contribution in [2.24, 2.45) is 5.92 Å². The van der Waals surface area contributed by atoms with E-state index < -0.39 is 0 Å². The summed E-state index contributed by atoms with van der Waals surface area (Å²) in [5, 5.41) is 10.7. The molecular weight excluding hydrogens is 442 g/mol. The maximum Gasteiger partial charge on any atom is 0.171 e. The molecule has 0 bridgehead atoms. The number of nitrogens with one attached hydrogen (secondary N) is 1. The lowest BCUT2D eigenvalue weighted by atomic mass is 10.0. The van der Waals surface area contributed by atoms with Gasteiger partial charge in [-0.05, 0) is 51.4 Å². The molecule has 7 heteroatoms. The Labute approximate surface area is 210 Å². The van der Waals surface area contributed by atoms with Crippen LogP contribution < -0.4 is 9.62 Å². The fraction of sp³-hybridized carbons (Fsp3) is 0.593. The quantitative estimate of drug-likeness (QED) is 0.399. The van der Waals surface area contributed by atoms with Gasteiger partial charge in [0.15, 0.2) is 11.6 Å². The highest BCUT2D eigenvalue weighted by molar-refractivity contribution is 7.99. The van der Waals surface area contributed by atoms with E-state index >= 15 is 0 Å². The Morgan fingerprint density at radius 2 is 1.91 bits per heavy atom. The number of likely N-dealkylation sites (tertiary alicyclic amines) is 1. The maximum absolute atomic E-state index is 10.7. The molecule has 1 aromatic heterocycles. The number of rotatable bonds is 12. The van der Waals surface area contributed by atoms with Crippen molar-refractivity contribution in [2.45, 2.75) is 52.6 Å². The first-order valence-corrected chi connectivity index (χ1v) is 13.8. The van der Waals surface area contributed by atoms with E-state index in [9.17, 15) is 5.11 Å². The fourth-order valence-electron chi connectivity index (χ4n) is 4.58. The van der Waals surface area contributed by atoms with Crippen LogP contribution in [0, 0.1) is 12.8 Å². The van der Waals surface area contributed by atoms with Crippen molar-refractivity contribution in [2.75, 3.05) is 55.6 Å². The van der Waals surface area contributed by atoms with E-state index in [4.69, 9.17) is 0 Å². The number of piperidine rings is 1. The van der Waals surface area contributed by atoms with Gasteiger partial charge in [-0.1, -0.05) is 62.0 Å². The highest BCUT2D eigenvalue weighted by Crippen LogP contribution is 2.29. The molecule has 3 rings (SSSR count). The number of hydrogen-bond donors (Lipinski definition) is 2. The molecule has 1 fully saturated rings. The van der Waals surface area contributed by atoms with Crippen LogP contribution in [0.15, 0.2) is 36.5 Å². The summed E-state index contributed by atoms with van der Waals surface area (Å²) in [6, 6.07) is 11.3. The number of hydrogen-bond acceptors (Lipinski definition) is 7. The van der Waals surface area contributed by atoms with Gasteiger partial charge in [0.25, 0.3) is 0 Å². The monoisotopic (exact) mass is 485 g/mol. The Bertz CT molecular complexity index is 870. The summed E-state index contributed by atoms with van der Waals surface area (Å²) in [7, 11) is 2.25. The second kappa shape index (κ2) is 13.2. The van der Waals surface area contributed by atoms with Crippen molar-refractivity contribution in [1.82, 2.24) is 14.8 Å². The maximum atomic E-state index is 10.7. The zero-order valence-electron chi connectivity index (χ0n) is 21.6. The van der Waals surface area contributed by atoms with Gasteiger partial charge >= 0.3 is 0 Å². The summed E-state index contributed by atoms with van der Waals surface area (Å²) in [5.41, 5.74) is 3.55. The Kier molecular flexibility index (Phi) is 10.4. The minimum absolute atomic E-state index is 0.245. The van der Waals surface area contributed by atoms with Gasteiger partial charge in [-0.25, -0.2) is 4.98 Å². The number of benzene rings is 1. The number of aryl methyl sites for hydroxylation is 1. The van der Waals surface area contributed by atoms with Gasteiger partial charge in [-0.3, -0.25) is 4.90 Å². The van der Waals surface area contributed by atoms with Crippen LogP contribution >= 0.6 is 11.9 Å². The molecule has 0 aliphatic carbocycles. The van der Waals surface area contributed by atoms with Gasteiger partial charge < -0.3 is 19.6 Å². The average Bonchev–Trinajstić information content (AvgIpc) is 2.84. The molecule has 2 aromatic rings. The van der Waals surface area contributed by atoms with Crippen molar-refractivity contribution in [1.29, 1.82) is 0 Å². The summed E-state index contributed by atoms with van der Waals surface area (Å²) >= 11 is 1.50. The standard InChI is InChI=1S/C27H43N5OS/c1-6-21(2)19-32(27-26(33)17-24(18-28-27)29-34-5)16-15-30(4)25-11-13-31(14-12-25)20-23-9-7-22(3)8-10-23/h7-10,17-18,21,25,29,33H,6,11-16,19-20H2,1-5H3. The SMILES string of the molecule is CCC(C)CN(CCN(C)C1CCN(Cc2ccc(C)cc2)CC1)c1ncc(NSC)cc1O. The highest BCUT2D eigenvalue weighted by Gasteiger charge is 2.24. The summed E-state index contributed by atoms with van der Waals surface area (Å²) in [6.07, 6.45) is 7.28. The second-order valence-electron chi connectivity index (χ2n) is 9.81. The molecule has 2 heterocycles. The molecule has 0 amide bonds. The Morgan fingerprint density at radius 1 is 1.21 bits per heavy atom. The van der Waals surface area contributed by atoms with Gasteiger partial charge in [0.1, 0.15) is 0 Å². The molecule has 0 saturated carbocycles. The molecule has 34 heavy (non-hydrogen) atoms. The van der Waals surface area contributed by atoms with E-state index in [1.807, 2.05) is 12.5 Å². The number of pyridine rings is 1. The van der Waals surface area contributed by atoms with Crippen LogP contribution in [0.3, 0.4) is 0 Å². The summed E-state index contributed by atoms with van der Waals surface area (Å²) in [5.74, 6) is 1.48. The molecule has 2 N–H and O–H groups in total. The average molecular weight is 486 g/mol. The Morgan fingerprint density at radius 3 is 2.53 bits per heavy atom. The third-order valence-electron chi connectivity index (χ3n) is 7.03. The summed E-state index contributed by atoms with van der Waals surface area (Å²) < 4.78 is 3.14. The Balaban J connectivity index is 1.54. The first kappa shape index (κ1) is 26.6. The predicted octanol–water partition coefficient (Wildman–Crippen LogP) is 5.23. The molecule has 0 spiro atoms. The normalized spacial score (nSPS) is 16.1. The lowest BCUT2D eigenvalue weighted by molar-refractivity contribution is 0.125. The lowest BCUT2D eigenvalue weighted by Gasteiger charge is -2.38. The molecular formula is C27H43N5OS. The van der Waals surface area contributed by atoms with Gasteiger partial charge in [-0.15, -0.1) is 0 Å². The number of aromatic hydroxyl groups is 1. The molecule has 1 saturated heterocycles. The number of nitrogens with zero attached hydrogens (tertiary/aromatic N) is 4. The lowest BCUT2D eigenvalue weighted by Crippen LogP contribution is -2.45. The zero-order chi connectivity index (χ0) is 24.5. The van der Waals surface area contributed by atoms with Crippen molar-refractivity contribution < 1.29 is 5.11 Å². The van der Waals surface area contributed by atoms with Crippen molar-refractivity contribution in [3.8, 4) is 5.75 Å². The highest BCUT2D eigenvalue weighted by atomic mass is 32.2. The van der Waals surface area contributed by atoms with E-state index in [0.29, 0.717) is 17.8 Å². The molecule has 0 radical (unpaired) electrons. The van der Waals surface area contributed by atoms with Crippen LogP contribution in [0.25, 0.3) is 0 Å². The van der Waals surface area contributed by atoms with Crippen LogP contribution in [0.5, 0.6) is 5.75 Å². The minimum atomic E-state index is 0.245. The van der Waals surface area contributed by atoms with Crippen molar-refractivity contribution in [3.63, 3.8) is 0 Å². The number of likely N-dealkylation sites (N-methyl/N-ethyl adjacent to an activating group) is 1. The van der Waals surface area contributed by atoms with Gasteiger partial charge in [0.05, 0.1) is 11.9 Å². The van der Waals surface area contributed by atoms with Crippen LogP contribution in [0.1, 0.15) is 44.2 Å². The van der Waals surface area contributed by atoms with Crippen molar-refractivity contribution in [3.05, 3.63) is 47.7 Å². The minimum Gasteiger partial charge on any atom is -0.504 e. The first-order valence-electron chi connectivity index (χ1n) is 12.6. The molecule has 6 nitrogen and oxygen atoms in total. The van der Waals surface area contributed by atoms with E-state index in [0.717, 1.165) is 51.4 Å². The van der Waals surface area contributed by atoms with Crippen LogP contribution in [0.2, 0.25) is 0 Å². The number of anilines is 2. The molecule has 1 aliphatic rings. The van der Waals surface area contributed by atoms with Crippen molar-refractivity contribution >= 4 is 23.5 Å². The molecule has 1 unspecified atom stereocenters. The van der Waals surface area contributed by atoms with Crippen LogP contribution in [0.4, 0.5) is 11.5 Å². The van der Waals surface area contributed by atoms with E-state index in [2.05, 4.69) is 76.5 Å². The third-order valence-corrected chi connectivity index (χ3v) is 7.47. The van der Waals surface area contributed by atoms with Crippen LogP contribution in [-0.4, -0.2) is 72.0 Å². The Hall–Kier alpha value is -1.96. The first-order chi connectivity index (χ1) is 16.4. The second-order valence-corrected chi connectivity index (χ2v) is 10.4. The summed E-state index contributed by atoms with van der Waals surface area (Å²) in [4.78, 5) is 12.0. The van der Waals surface area contributed by atoms with Gasteiger partial charge in [-0.2, -0.15) is 0 Å². The zero-order valence-corrected chi connectivity index (χ0v) is 22.4. The third kappa shape index (κ3) is 7.79. The number of aromatic nitrogens is 1. The molecule has 1 atom stereocenters. The summed E-state index contributed by atoms with van der Waals surface area (Å²) in [6.45, 7) is 12.7. The molecule has 1 aliphatic heterocycles. The van der Waals surface area contributed by atoms with Crippen LogP contribution in [-0.2, 0) is 6.54 Å². The van der Waals surface area contributed by atoms with Gasteiger partial charge in [0.2, 0.25) is 0 Å². The molecule has 188 valence electrons. The largest absolute Gasteiger partial charge is 0.504 e. The van der Waals surface area contributed by atoms with Gasteiger partial charge in [0, 0.05) is 44.5 Å². The smallest absolute Gasteiger partial charge is 0.171 e.